The first kappa shape index (κ1) is 10.9. The third-order valence-corrected chi connectivity index (χ3v) is 4.29. The molecule has 92 valence electrons. The first-order valence-corrected chi connectivity index (χ1v) is 6.46. The summed E-state index contributed by atoms with van der Waals surface area (Å²) >= 11 is 0. The Morgan fingerprint density at radius 2 is 1.65 bits per heavy atom. The molecule has 1 spiro atoms. The average molecular weight is 231 g/mol. The molecule has 0 radical (unpaired) electrons. The highest BCUT2D eigenvalue weighted by Gasteiger charge is 2.42. The van der Waals surface area contributed by atoms with E-state index in [1.54, 1.807) is 0 Å². The zero-order chi connectivity index (χ0) is 11.9. The average Bonchev–Trinajstić information content (AvgIpc) is 2.30. The number of hydrogen-bond acceptors (Lipinski definition) is 3. The minimum atomic E-state index is 0.638. The van der Waals surface area contributed by atoms with E-state index in [-0.39, 0.29) is 0 Å². The molecule has 2 aliphatic heterocycles. The Hall–Kier alpha value is -1.22. The van der Waals surface area contributed by atoms with E-state index in [0.717, 1.165) is 5.69 Å². The quantitative estimate of drug-likeness (QED) is 0.748. The first-order valence-electron chi connectivity index (χ1n) is 6.46. The molecule has 0 bridgehead atoms. The van der Waals surface area contributed by atoms with Gasteiger partial charge >= 0.3 is 0 Å². The van der Waals surface area contributed by atoms with Gasteiger partial charge in [0.05, 0.1) is 0 Å². The van der Waals surface area contributed by atoms with E-state index < -0.39 is 0 Å². The van der Waals surface area contributed by atoms with Gasteiger partial charge in [0, 0.05) is 37.6 Å². The molecule has 2 heterocycles. The number of anilines is 2. The number of rotatable bonds is 1. The van der Waals surface area contributed by atoms with Crippen molar-refractivity contribution in [3.8, 4) is 0 Å². The van der Waals surface area contributed by atoms with Gasteiger partial charge in [0.1, 0.15) is 0 Å². The third-order valence-electron chi connectivity index (χ3n) is 4.29. The molecular formula is C14H21N3. The number of likely N-dealkylation sites (tertiary alicyclic amines) is 1. The Kier molecular flexibility index (Phi) is 2.51. The highest BCUT2D eigenvalue weighted by Crippen LogP contribution is 2.40. The van der Waals surface area contributed by atoms with E-state index in [2.05, 4.69) is 29.0 Å². The van der Waals surface area contributed by atoms with Crippen LogP contribution in [0.5, 0.6) is 0 Å². The SMILES string of the molecule is CN1CC2(CCN(c3ccc(N)cc3)CC2)C1. The molecule has 0 unspecified atom stereocenters. The summed E-state index contributed by atoms with van der Waals surface area (Å²) < 4.78 is 0. The highest BCUT2D eigenvalue weighted by molar-refractivity contribution is 5.53. The van der Waals surface area contributed by atoms with E-state index in [1.165, 1.54) is 44.7 Å². The summed E-state index contributed by atoms with van der Waals surface area (Å²) in [4.78, 5) is 4.92. The molecule has 3 nitrogen and oxygen atoms in total. The second-order valence-corrected chi connectivity index (χ2v) is 5.75. The maximum atomic E-state index is 5.72. The summed E-state index contributed by atoms with van der Waals surface area (Å²) in [5, 5.41) is 0. The van der Waals surface area contributed by atoms with Gasteiger partial charge in [-0.2, -0.15) is 0 Å². The van der Waals surface area contributed by atoms with Crippen molar-refractivity contribution in [3.63, 3.8) is 0 Å². The summed E-state index contributed by atoms with van der Waals surface area (Å²) in [6.07, 6.45) is 2.67. The molecular weight excluding hydrogens is 210 g/mol. The van der Waals surface area contributed by atoms with Crippen LogP contribution in [0.1, 0.15) is 12.8 Å². The second kappa shape index (κ2) is 3.91. The van der Waals surface area contributed by atoms with Crippen LogP contribution < -0.4 is 10.6 Å². The molecule has 0 saturated carbocycles. The predicted molar refractivity (Wildman–Crippen MR) is 72.2 cm³/mol. The van der Waals surface area contributed by atoms with Crippen molar-refractivity contribution in [2.75, 3.05) is 43.9 Å². The van der Waals surface area contributed by atoms with Crippen LogP contribution in [0.2, 0.25) is 0 Å². The molecule has 3 rings (SSSR count). The molecule has 1 aromatic carbocycles. The van der Waals surface area contributed by atoms with Crippen LogP contribution in [0.25, 0.3) is 0 Å². The molecule has 0 atom stereocenters. The van der Waals surface area contributed by atoms with Crippen molar-refractivity contribution in [2.24, 2.45) is 5.41 Å². The van der Waals surface area contributed by atoms with Gasteiger partial charge in [0.25, 0.3) is 0 Å². The molecule has 2 saturated heterocycles. The number of benzene rings is 1. The van der Waals surface area contributed by atoms with E-state index in [0.29, 0.717) is 5.41 Å². The standard InChI is InChI=1S/C14H21N3/c1-16-10-14(11-16)6-8-17(9-7-14)13-4-2-12(15)3-5-13/h2-5H,6-11,15H2,1H3. The van der Waals surface area contributed by atoms with Gasteiger partial charge < -0.3 is 15.5 Å². The lowest BCUT2D eigenvalue weighted by molar-refractivity contribution is 0.00132. The van der Waals surface area contributed by atoms with Crippen molar-refractivity contribution in [1.82, 2.24) is 4.90 Å². The lowest BCUT2D eigenvalue weighted by Gasteiger charge is -2.53. The van der Waals surface area contributed by atoms with Gasteiger partial charge in [-0.05, 0) is 49.6 Å². The molecule has 2 aliphatic rings. The third kappa shape index (κ3) is 2.00. The fourth-order valence-corrected chi connectivity index (χ4v) is 3.34. The number of hydrogen-bond donors (Lipinski definition) is 1. The summed E-state index contributed by atoms with van der Waals surface area (Å²) in [5.41, 5.74) is 8.53. The zero-order valence-electron chi connectivity index (χ0n) is 10.5. The maximum absolute atomic E-state index is 5.72. The molecule has 3 heteroatoms. The van der Waals surface area contributed by atoms with Gasteiger partial charge in [-0.25, -0.2) is 0 Å². The summed E-state index contributed by atoms with van der Waals surface area (Å²) in [6, 6.07) is 8.27. The lowest BCUT2D eigenvalue weighted by atomic mass is 9.72. The Morgan fingerprint density at radius 1 is 1.06 bits per heavy atom. The topological polar surface area (TPSA) is 32.5 Å². The smallest absolute Gasteiger partial charge is 0.0367 e. The molecule has 0 aromatic heterocycles. The van der Waals surface area contributed by atoms with Crippen molar-refractivity contribution in [1.29, 1.82) is 0 Å². The van der Waals surface area contributed by atoms with Crippen molar-refractivity contribution in [3.05, 3.63) is 24.3 Å². The van der Waals surface area contributed by atoms with Crippen LogP contribution >= 0.6 is 0 Å². The fraction of sp³-hybridized carbons (Fsp3) is 0.571. The zero-order valence-corrected chi connectivity index (χ0v) is 10.5. The molecule has 1 aromatic rings. The normalized spacial score (nSPS) is 23.7. The predicted octanol–water partition coefficient (Wildman–Crippen LogP) is 1.80. The molecule has 2 N–H and O–H groups in total. The van der Waals surface area contributed by atoms with Crippen LogP contribution in [-0.4, -0.2) is 38.1 Å². The minimum absolute atomic E-state index is 0.638. The van der Waals surface area contributed by atoms with Gasteiger partial charge in [-0.1, -0.05) is 0 Å². The van der Waals surface area contributed by atoms with Crippen molar-refractivity contribution in [2.45, 2.75) is 12.8 Å². The Bertz CT molecular complexity index is 382. The summed E-state index contributed by atoms with van der Waals surface area (Å²) in [6.45, 7) is 4.97. The first-order chi connectivity index (χ1) is 8.17. The number of nitrogens with zero attached hydrogens (tertiary/aromatic N) is 2. The lowest BCUT2D eigenvalue weighted by Crippen LogP contribution is -2.58. The Balaban J connectivity index is 1.63. The van der Waals surface area contributed by atoms with Crippen LogP contribution in [0.15, 0.2) is 24.3 Å². The Labute approximate surface area is 103 Å². The highest BCUT2D eigenvalue weighted by atomic mass is 15.2. The number of piperidine rings is 1. The Morgan fingerprint density at radius 3 is 2.18 bits per heavy atom. The molecule has 2 fully saturated rings. The molecule has 0 amide bonds. The van der Waals surface area contributed by atoms with E-state index in [1.807, 2.05) is 12.1 Å². The molecule has 0 aliphatic carbocycles. The van der Waals surface area contributed by atoms with Gasteiger partial charge in [-0.15, -0.1) is 0 Å². The van der Waals surface area contributed by atoms with Crippen molar-refractivity contribution >= 4 is 11.4 Å². The van der Waals surface area contributed by atoms with Crippen LogP contribution in [0.3, 0.4) is 0 Å². The van der Waals surface area contributed by atoms with Crippen LogP contribution in [0, 0.1) is 5.41 Å². The number of nitrogen functional groups attached to an aromatic ring is 1. The van der Waals surface area contributed by atoms with Crippen molar-refractivity contribution < 1.29 is 0 Å². The van der Waals surface area contributed by atoms with Gasteiger partial charge in [0.2, 0.25) is 0 Å². The fourth-order valence-electron chi connectivity index (χ4n) is 3.34. The van der Waals surface area contributed by atoms with Crippen LogP contribution in [-0.2, 0) is 0 Å². The number of nitrogens with two attached hydrogens (primary N) is 1. The second-order valence-electron chi connectivity index (χ2n) is 5.75. The van der Waals surface area contributed by atoms with Crippen LogP contribution in [0.4, 0.5) is 11.4 Å². The minimum Gasteiger partial charge on any atom is -0.399 e. The molecule has 17 heavy (non-hydrogen) atoms. The monoisotopic (exact) mass is 231 g/mol. The van der Waals surface area contributed by atoms with E-state index in [9.17, 15) is 0 Å². The maximum Gasteiger partial charge on any atom is 0.0367 e. The summed E-state index contributed by atoms with van der Waals surface area (Å²) in [7, 11) is 2.22. The summed E-state index contributed by atoms with van der Waals surface area (Å²) in [5.74, 6) is 0. The van der Waals surface area contributed by atoms with E-state index >= 15 is 0 Å². The largest absolute Gasteiger partial charge is 0.399 e. The van der Waals surface area contributed by atoms with Gasteiger partial charge in [0.15, 0.2) is 0 Å². The van der Waals surface area contributed by atoms with E-state index in [4.69, 9.17) is 5.73 Å². The van der Waals surface area contributed by atoms with Gasteiger partial charge in [-0.3, -0.25) is 0 Å².